The standard InChI is InChI=1S/C23H24N2O4S/c1-16(26)24-19-11-9-18(10-12-19)20-21(30-15-17-7-4-3-5-8-17)23(28)25(22(20)27)13-6-14-29-2/h3-5,7-12H,6,13-15H2,1-2H3,(H,24,26). The van der Waals surface area contributed by atoms with E-state index in [4.69, 9.17) is 4.74 Å². The van der Waals surface area contributed by atoms with Crippen molar-refractivity contribution in [1.29, 1.82) is 0 Å². The summed E-state index contributed by atoms with van der Waals surface area (Å²) in [5.41, 5.74) is 2.78. The monoisotopic (exact) mass is 424 g/mol. The Bertz CT molecular complexity index is 955. The molecule has 2 aromatic carbocycles. The summed E-state index contributed by atoms with van der Waals surface area (Å²) in [6.45, 7) is 2.23. The average molecular weight is 425 g/mol. The molecule has 0 fully saturated rings. The Labute approximate surface area is 180 Å². The molecular formula is C23H24N2O4S. The summed E-state index contributed by atoms with van der Waals surface area (Å²) >= 11 is 1.38. The lowest BCUT2D eigenvalue weighted by Gasteiger charge is -2.14. The molecule has 156 valence electrons. The van der Waals surface area contributed by atoms with E-state index >= 15 is 0 Å². The van der Waals surface area contributed by atoms with E-state index in [2.05, 4.69) is 5.32 Å². The molecule has 7 heteroatoms. The summed E-state index contributed by atoms with van der Waals surface area (Å²) in [7, 11) is 1.59. The summed E-state index contributed by atoms with van der Waals surface area (Å²) in [6, 6.07) is 16.8. The average Bonchev–Trinajstić information content (AvgIpc) is 2.97. The zero-order chi connectivity index (χ0) is 21.5. The second kappa shape index (κ2) is 10.2. The Morgan fingerprint density at radius 2 is 1.73 bits per heavy atom. The molecule has 0 spiro atoms. The van der Waals surface area contributed by atoms with Crippen molar-refractivity contribution < 1.29 is 19.1 Å². The Balaban J connectivity index is 1.89. The van der Waals surface area contributed by atoms with Crippen LogP contribution in [0.15, 0.2) is 59.5 Å². The lowest BCUT2D eigenvalue weighted by molar-refractivity contribution is -0.136. The molecule has 0 bridgehead atoms. The van der Waals surface area contributed by atoms with Crippen LogP contribution in [0, 0.1) is 0 Å². The van der Waals surface area contributed by atoms with Crippen molar-refractivity contribution in [2.45, 2.75) is 19.1 Å². The Morgan fingerprint density at radius 3 is 2.37 bits per heavy atom. The molecule has 0 unspecified atom stereocenters. The molecule has 1 N–H and O–H groups in total. The molecular weight excluding hydrogens is 400 g/mol. The fourth-order valence-corrected chi connectivity index (χ4v) is 4.25. The third-order valence-corrected chi connectivity index (χ3v) is 5.72. The molecule has 0 saturated carbocycles. The number of nitrogens with zero attached hydrogens (tertiary/aromatic N) is 1. The third-order valence-electron chi connectivity index (χ3n) is 4.58. The SMILES string of the molecule is COCCCN1C(=O)C(SCc2ccccc2)=C(c2ccc(NC(C)=O)cc2)C1=O. The highest BCUT2D eigenvalue weighted by Gasteiger charge is 2.38. The smallest absolute Gasteiger partial charge is 0.267 e. The highest BCUT2D eigenvalue weighted by atomic mass is 32.2. The summed E-state index contributed by atoms with van der Waals surface area (Å²) in [4.78, 5) is 39.2. The van der Waals surface area contributed by atoms with Crippen LogP contribution in [0.3, 0.4) is 0 Å². The number of nitrogens with one attached hydrogen (secondary N) is 1. The van der Waals surface area contributed by atoms with Gasteiger partial charge in [-0.05, 0) is 29.7 Å². The van der Waals surface area contributed by atoms with Gasteiger partial charge in [0.05, 0.1) is 10.5 Å². The molecule has 1 aliphatic heterocycles. The Morgan fingerprint density at radius 1 is 1.03 bits per heavy atom. The number of ether oxygens (including phenoxy) is 1. The van der Waals surface area contributed by atoms with Crippen molar-refractivity contribution in [3.05, 3.63) is 70.6 Å². The summed E-state index contributed by atoms with van der Waals surface area (Å²) in [6.07, 6.45) is 0.583. The Hall–Kier alpha value is -2.90. The first kappa shape index (κ1) is 21.8. The van der Waals surface area contributed by atoms with Crippen molar-refractivity contribution in [3.63, 3.8) is 0 Å². The number of amides is 3. The van der Waals surface area contributed by atoms with Crippen molar-refractivity contribution >= 4 is 40.7 Å². The molecule has 3 amide bonds. The van der Waals surface area contributed by atoms with Crippen molar-refractivity contribution in [2.24, 2.45) is 0 Å². The van der Waals surface area contributed by atoms with Crippen LogP contribution >= 0.6 is 11.8 Å². The largest absolute Gasteiger partial charge is 0.385 e. The molecule has 0 radical (unpaired) electrons. The summed E-state index contributed by atoms with van der Waals surface area (Å²) in [5, 5.41) is 2.71. The van der Waals surface area contributed by atoms with E-state index in [1.165, 1.54) is 23.6 Å². The first-order valence-electron chi connectivity index (χ1n) is 9.65. The van der Waals surface area contributed by atoms with Gasteiger partial charge in [0, 0.05) is 38.6 Å². The van der Waals surface area contributed by atoms with Crippen LogP contribution in [-0.4, -0.2) is 42.9 Å². The number of imide groups is 1. The number of carbonyl (C=O) groups is 3. The lowest BCUT2D eigenvalue weighted by Crippen LogP contribution is -2.33. The molecule has 6 nitrogen and oxygen atoms in total. The number of benzene rings is 2. The van der Waals surface area contributed by atoms with Gasteiger partial charge in [0.25, 0.3) is 11.8 Å². The molecule has 2 aromatic rings. The van der Waals surface area contributed by atoms with Gasteiger partial charge >= 0.3 is 0 Å². The first-order chi connectivity index (χ1) is 14.5. The number of anilines is 1. The van der Waals surface area contributed by atoms with Crippen LogP contribution in [-0.2, 0) is 24.9 Å². The maximum absolute atomic E-state index is 13.1. The van der Waals surface area contributed by atoms with E-state index in [1.807, 2.05) is 30.3 Å². The van der Waals surface area contributed by atoms with Gasteiger partial charge in [0.1, 0.15) is 0 Å². The van der Waals surface area contributed by atoms with Gasteiger partial charge in [-0.25, -0.2) is 0 Å². The Kier molecular flexibility index (Phi) is 7.43. The van der Waals surface area contributed by atoms with Crippen LogP contribution in [0.4, 0.5) is 5.69 Å². The molecule has 0 saturated heterocycles. The lowest BCUT2D eigenvalue weighted by atomic mass is 10.1. The van der Waals surface area contributed by atoms with E-state index in [-0.39, 0.29) is 17.7 Å². The van der Waals surface area contributed by atoms with Gasteiger partial charge in [0.2, 0.25) is 5.91 Å². The second-order valence-corrected chi connectivity index (χ2v) is 7.83. The maximum Gasteiger partial charge on any atom is 0.267 e. The highest BCUT2D eigenvalue weighted by Crippen LogP contribution is 2.37. The normalized spacial score (nSPS) is 13.9. The fraction of sp³-hybridized carbons (Fsp3) is 0.261. The van der Waals surface area contributed by atoms with Crippen molar-refractivity contribution in [2.75, 3.05) is 25.6 Å². The van der Waals surface area contributed by atoms with E-state index in [0.717, 1.165) is 5.56 Å². The summed E-state index contributed by atoms with van der Waals surface area (Å²) in [5.74, 6) is -0.136. The van der Waals surface area contributed by atoms with Gasteiger partial charge in [-0.1, -0.05) is 42.5 Å². The van der Waals surface area contributed by atoms with Crippen molar-refractivity contribution in [3.8, 4) is 0 Å². The molecule has 0 aromatic heterocycles. The number of hydrogen-bond acceptors (Lipinski definition) is 5. The van der Waals surface area contributed by atoms with Gasteiger partial charge in [-0.15, -0.1) is 11.8 Å². The topological polar surface area (TPSA) is 75.7 Å². The molecule has 3 rings (SSSR count). The van der Waals surface area contributed by atoms with Crippen LogP contribution < -0.4 is 5.32 Å². The maximum atomic E-state index is 13.1. The van der Waals surface area contributed by atoms with E-state index in [9.17, 15) is 14.4 Å². The highest BCUT2D eigenvalue weighted by molar-refractivity contribution is 8.03. The van der Waals surface area contributed by atoms with Crippen LogP contribution in [0.25, 0.3) is 5.57 Å². The second-order valence-electron chi connectivity index (χ2n) is 6.85. The first-order valence-corrected chi connectivity index (χ1v) is 10.6. The number of carbonyl (C=O) groups excluding carboxylic acids is 3. The minimum atomic E-state index is -0.293. The molecule has 30 heavy (non-hydrogen) atoms. The number of methoxy groups -OCH3 is 1. The van der Waals surface area contributed by atoms with Gasteiger partial charge in [-0.3, -0.25) is 19.3 Å². The number of thioether (sulfide) groups is 1. The molecule has 1 heterocycles. The summed E-state index contributed by atoms with van der Waals surface area (Å²) < 4.78 is 5.06. The minimum absolute atomic E-state index is 0.169. The molecule has 0 aliphatic carbocycles. The third kappa shape index (κ3) is 5.17. The predicted octanol–water partition coefficient (Wildman–Crippen LogP) is 3.69. The number of rotatable bonds is 9. The minimum Gasteiger partial charge on any atom is -0.385 e. The zero-order valence-electron chi connectivity index (χ0n) is 17.0. The van der Waals surface area contributed by atoms with E-state index in [0.29, 0.717) is 47.1 Å². The van der Waals surface area contributed by atoms with Crippen LogP contribution in [0.1, 0.15) is 24.5 Å². The van der Waals surface area contributed by atoms with Crippen molar-refractivity contribution in [1.82, 2.24) is 4.90 Å². The number of hydrogen-bond donors (Lipinski definition) is 1. The van der Waals surface area contributed by atoms with Gasteiger partial charge in [-0.2, -0.15) is 0 Å². The molecule has 1 aliphatic rings. The van der Waals surface area contributed by atoms with Crippen LogP contribution in [0.2, 0.25) is 0 Å². The van der Waals surface area contributed by atoms with Crippen LogP contribution in [0.5, 0.6) is 0 Å². The quantitative estimate of drug-likeness (QED) is 0.491. The van der Waals surface area contributed by atoms with E-state index < -0.39 is 0 Å². The van der Waals surface area contributed by atoms with Gasteiger partial charge < -0.3 is 10.1 Å². The fourth-order valence-electron chi connectivity index (χ4n) is 3.17. The predicted molar refractivity (Wildman–Crippen MR) is 119 cm³/mol. The van der Waals surface area contributed by atoms with Gasteiger partial charge in [0.15, 0.2) is 0 Å². The zero-order valence-corrected chi connectivity index (χ0v) is 17.8. The van der Waals surface area contributed by atoms with E-state index in [1.54, 1.807) is 31.4 Å². The molecule has 0 atom stereocenters.